The molecular formula is C21H17F5N2O3. The van der Waals surface area contributed by atoms with Gasteiger partial charge in [-0.15, -0.1) is 13.2 Å². The highest BCUT2D eigenvalue weighted by molar-refractivity contribution is 5.76. The van der Waals surface area contributed by atoms with Crippen LogP contribution in [0.15, 0.2) is 53.1 Å². The quantitative estimate of drug-likeness (QED) is 0.505. The Labute approximate surface area is 173 Å². The molecule has 5 nitrogen and oxygen atoms in total. The van der Waals surface area contributed by atoms with Crippen molar-refractivity contribution >= 4 is 5.91 Å². The van der Waals surface area contributed by atoms with E-state index in [1.165, 1.54) is 24.4 Å². The van der Waals surface area contributed by atoms with Gasteiger partial charge in [0.15, 0.2) is 11.7 Å². The third-order valence-corrected chi connectivity index (χ3v) is 4.31. The van der Waals surface area contributed by atoms with Gasteiger partial charge in [-0.2, -0.15) is 0 Å². The first kappa shape index (κ1) is 22.3. The van der Waals surface area contributed by atoms with Crippen LogP contribution in [0.2, 0.25) is 0 Å². The van der Waals surface area contributed by atoms with Crippen LogP contribution in [0, 0.1) is 11.6 Å². The van der Waals surface area contributed by atoms with Crippen molar-refractivity contribution in [2.75, 3.05) is 0 Å². The SMILES string of the molecule is CC(NC(=O)CCc1ncc(-c2ccc(F)cc2F)o1)c1ccc(OC(F)(F)F)cc1. The van der Waals surface area contributed by atoms with Crippen LogP contribution in [0.25, 0.3) is 11.3 Å². The number of halogens is 5. The van der Waals surface area contributed by atoms with Gasteiger partial charge in [-0.05, 0) is 36.8 Å². The summed E-state index contributed by atoms with van der Waals surface area (Å²) in [6, 6.07) is 7.76. The fourth-order valence-corrected chi connectivity index (χ4v) is 2.82. The summed E-state index contributed by atoms with van der Waals surface area (Å²) in [6.07, 6.45) is -3.33. The predicted molar refractivity (Wildman–Crippen MR) is 99.9 cm³/mol. The summed E-state index contributed by atoms with van der Waals surface area (Å²) in [5, 5.41) is 2.71. The number of ether oxygens (including phenoxy) is 1. The molecule has 2 aromatic carbocycles. The van der Waals surface area contributed by atoms with Gasteiger partial charge in [0.2, 0.25) is 5.91 Å². The summed E-state index contributed by atoms with van der Waals surface area (Å²) in [5.74, 6) is -1.88. The number of carbonyl (C=O) groups is 1. The number of carbonyl (C=O) groups excluding carboxylic acids is 1. The summed E-state index contributed by atoms with van der Waals surface area (Å²) < 4.78 is 72.7. The molecule has 0 aliphatic carbocycles. The van der Waals surface area contributed by atoms with E-state index in [0.29, 0.717) is 5.56 Å². The highest BCUT2D eigenvalue weighted by atomic mass is 19.4. The summed E-state index contributed by atoms with van der Waals surface area (Å²) >= 11 is 0. The lowest BCUT2D eigenvalue weighted by molar-refractivity contribution is -0.274. The lowest BCUT2D eigenvalue weighted by Crippen LogP contribution is -2.26. The molecule has 0 bridgehead atoms. The highest BCUT2D eigenvalue weighted by Gasteiger charge is 2.31. The molecule has 1 unspecified atom stereocenters. The van der Waals surface area contributed by atoms with Crippen LogP contribution >= 0.6 is 0 Å². The van der Waals surface area contributed by atoms with Crippen molar-refractivity contribution in [2.45, 2.75) is 32.2 Å². The Morgan fingerprint density at radius 3 is 2.52 bits per heavy atom. The van der Waals surface area contributed by atoms with E-state index in [-0.39, 0.29) is 41.7 Å². The van der Waals surface area contributed by atoms with Gasteiger partial charge in [0.05, 0.1) is 17.8 Å². The van der Waals surface area contributed by atoms with Gasteiger partial charge in [-0.25, -0.2) is 13.8 Å². The summed E-state index contributed by atoms with van der Waals surface area (Å²) in [6.45, 7) is 1.68. The number of rotatable bonds is 7. The number of nitrogens with zero attached hydrogens (tertiary/aromatic N) is 1. The number of aromatic nitrogens is 1. The Bertz CT molecular complexity index is 1050. The average Bonchev–Trinajstić information content (AvgIpc) is 3.14. The Kier molecular flexibility index (Phi) is 6.57. The zero-order valence-corrected chi connectivity index (χ0v) is 16.2. The largest absolute Gasteiger partial charge is 0.573 e. The van der Waals surface area contributed by atoms with Crippen molar-refractivity contribution in [1.82, 2.24) is 10.3 Å². The van der Waals surface area contributed by atoms with Gasteiger partial charge in [-0.1, -0.05) is 12.1 Å². The van der Waals surface area contributed by atoms with Crippen LogP contribution in [-0.4, -0.2) is 17.3 Å². The summed E-state index contributed by atoms with van der Waals surface area (Å²) in [7, 11) is 0. The number of aryl methyl sites for hydroxylation is 1. The molecule has 0 aliphatic rings. The van der Waals surface area contributed by atoms with Crippen molar-refractivity contribution in [3.8, 4) is 17.1 Å². The van der Waals surface area contributed by atoms with E-state index in [0.717, 1.165) is 24.3 Å². The van der Waals surface area contributed by atoms with E-state index in [1.807, 2.05) is 0 Å². The second-order valence-corrected chi connectivity index (χ2v) is 6.65. The van der Waals surface area contributed by atoms with Gasteiger partial charge in [0.25, 0.3) is 0 Å². The Balaban J connectivity index is 1.53. The molecule has 164 valence electrons. The van der Waals surface area contributed by atoms with Gasteiger partial charge >= 0.3 is 6.36 Å². The summed E-state index contributed by atoms with van der Waals surface area (Å²) in [4.78, 5) is 16.2. The van der Waals surface area contributed by atoms with E-state index >= 15 is 0 Å². The van der Waals surface area contributed by atoms with Crippen LogP contribution < -0.4 is 10.1 Å². The van der Waals surface area contributed by atoms with Gasteiger partial charge in [-0.3, -0.25) is 4.79 Å². The van der Waals surface area contributed by atoms with Crippen LogP contribution in [0.1, 0.15) is 30.8 Å². The zero-order chi connectivity index (χ0) is 22.6. The van der Waals surface area contributed by atoms with Crippen molar-refractivity contribution < 1.29 is 35.9 Å². The normalized spacial score (nSPS) is 12.5. The molecule has 0 saturated heterocycles. The molecule has 1 atom stereocenters. The van der Waals surface area contributed by atoms with E-state index in [1.54, 1.807) is 6.92 Å². The molecule has 31 heavy (non-hydrogen) atoms. The number of hydrogen-bond acceptors (Lipinski definition) is 4. The maximum absolute atomic E-state index is 13.8. The van der Waals surface area contributed by atoms with E-state index in [9.17, 15) is 26.7 Å². The van der Waals surface area contributed by atoms with Crippen molar-refractivity contribution in [2.24, 2.45) is 0 Å². The molecule has 0 fully saturated rings. The Morgan fingerprint density at radius 2 is 1.87 bits per heavy atom. The van der Waals surface area contributed by atoms with E-state index in [4.69, 9.17) is 4.42 Å². The number of alkyl halides is 3. The van der Waals surface area contributed by atoms with Crippen molar-refractivity contribution in [1.29, 1.82) is 0 Å². The zero-order valence-electron chi connectivity index (χ0n) is 16.2. The molecule has 1 heterocycles. The van der Waals surface area contributed by atoms with Crippen LogP contribution in [0.4, 0.5) is 22.0 Å². The monoisotopic (exact) mass is 440 g/mol. The van der Waals surface area contributed by atoms with Crippen LogP contribution in [0.3, 0.4) is 0 Å². The minimum absolute atomic E-state index is 0.0193. The van der Waals surface area contributed by atoms with Gasteiger partial charge in [0.1, 0.15) is 17.4 Å². The van der Waals surface area contributed by atoms with Gasteiger partial charge in [0, 0.05) is 18.9 Å². The fraction of sp³-hybridized carbons (Fsp3) is 0.238. The van der Waals surface area contributed by atoms with Crippen molar-refractivity contribution in [3.05, 3.63) is 71.8 Å². The number of benzene rings is 2. The lowest BCUT2D eigenvalue weighted by atomic mass is 10.1. The molecule has 3 rings (SSSR count). The number of amides is 1. The van der Waals surface area contributed by atoms with Crippen molar-refractivity contribution in [3.63, 3.8) is 0 Å². The first-order chi connectivity index (χ1) is 14.6. The molecule has 0 spiro atoms. The molecule has 10 heteroatoms. The van der Waals surface area contributed by atoms with E-state index < -0.39 is 24.0 Å². The number of nitrogens with one attached hydrogen (secondary N) is 1. The summed E-state index contributed by atoms with van der Waals surface area (Å²) in [5.41, 5.74) is 0.643. The lowest BCUT2D eigenvalue weighted by Gasteiger charge is -2.15. The average molecular weight is 440 g/mol. The Hall–Kier alpha value is -3.43. The minimum atomic E-state index is -4.77. The molecule has 0 saturated carbocycles. The smallest absolute Gasteiger partial charge is 0.441 e. The number of oxazole rings is 1. The number of hydrogen-bond donors (Lipinski definition) is 1. The minimum Gasteiger partial charge on any atom is -0.441 e. The topological polar surface area (TPSA) is 64.4 Å². The second-order valence-electron chi connectivity index (χ2n) is 6.65. The third kappa shape index (κ3) is 6.27. The molecule has 0 radical (unpaired) electrons. The maximum Gasteiger partial charge on any atom is 0.573 e. The molecule has 0 aliphatic heterocycles. The fourth-order valence-electron chi connectivity index (χ4n) is 2.82. The molecular weight excluding hydrogens is 423 g/mol. The van der Waals surface area contributed by atoms with E-state index in [2.05, 4.69) is 15.0 Å². The highest BCUT2D eigenvalue weighted by Crippen LogP contribution is 2.26. The third-order valence-electron chi connectivity index (χ3n) is 4.31. The molecule has 1 N–H and O–H groups in total. The molecule has 1 amide bonds. The predicted octanol–water partition coefficient (Wildman–Crippen LogP) is 5.33. The molecule has 3 aromatic rings. The maximum atomic E-state index is 13.8. The van der Waals surface area contributed by atoms with Crippen LogP contribution in [-0.2, 0) is 11.2 Å². The van der Waals surface area contributed by atoms with Gasteiger partial charge < -0.3 is 14.5 Å². The Morgan fingerprint density at radius 1 is 1.16 bits per heavy atom. The first-order valence-electron chi connectivity index (χ1n) is 9.16. The first-order valence-corrected chi connectivity index (χ1v) is 9.16. The standard InChI is InChI=1S/C21H17F5N2O3/c1-12(13-2-5-15(6-3-13)31-21(24,25)26)28-19(29)8-9-20-27-11-18(30-20)16-7-4-14(22)10-17(16)23/h2-7,10-12H,8-9H2,1H3,(H,28,29). The molecule has 1 aromatic heterocycles. The van der Waals surface area contributed by atoms with Crippen LogP contribution in [0.5, 0.6) is 5.75 Å². The second kappa shape index (κ2) is 9.15.